The maximum atomic E-state index is 12.6. The lowest BCUT2D eigenvalue weighted by Crippen LogP contribution is -2.12. The van der Waals surface area contributed by atoms with E-state index in [9.17, 15) is 13.2 Å². The lowest BCUT2D eigenvalue weighted by Gasteiger charge is -2.15. The number of benzene rings is 1. The Kier molecular flexibility index (Phi) is 5.01. The topological polar surface area (TPSA) is 26.0 Å². The lowest BCUT2D eigenvalue weighted by molar-refractivity contribution is -0.137. The maximum absolute atomic E-state index is 12.6. The molecule has 17 heavy (non-hydrogen) atoms. The molecule has 0 saturated heterocycles. The molecule has 0 radical (unpaired) electrons. The Morgan fingerprint density at radius 3 is 2.47 bits per heavy atom. The SMILES string of the molecule is CCCC[C@@H](N)c1cc(Br)cc(C(F)(F)F)c1. The maximum Gasteiger partial charge on any atom is 0.416 e. The van der Waals surface area contributed by atoms with Crippen molar-refractivity contribution in [3.63, 3.8) is 0 Å². The first-order valence-corrected chi connectivity index (χ1v) is 6.27. The largest absolute Gasteiger partial charge is 0.416 e. The van der Waals surface area contributed by atoms with Gasteiger partial charge in [-0.25, -0.2) is 0 Å². The van der Waals surface area contributed by atoms with Gasteiger partial charge in [0.2, 0.25) is 0 Å². The fourth-order valence-electron chi connectivity index (χ4n) is 1.58. The number of hydrogen-bond acceptors (Lipinski definition) is 1. The molecule has 1 atom stereocenters. The molecule has 0 saturated carbocycles. The summed E-state index contributed by atoms with van der Waals surface area (Å²) in [5.41, 5.74) is 5.74. The summed E-state index contributed by atoms with van der Waals surface area (Å²) >= 11 is 3.09. The van der Waals surface area contributed by atoms with E-state index in [0.717, 1.165) is 25.0 Å². The van der Waals surface area contributed by atoms with Crippen LogP contribution >= 0.6 is 15.9 Å². The number of hydrogen-bond donors (Lipinski definition) is 1. The average molecular weight is 310 g/mol. The van der Waals surface area contributed by atoms with Crippen LogP contribution in [-0.2, 0) is 6.18 Å². The second kappa shape index (κ2) is 5.87. The van der Waals surface area contributed by atoms with Gasteiger partial charge in [-0.2, -0.15) is 13.2 Å². The first-order chi connectivity index (χ1) is 7.84. The van der Waals surface area contributed by atoms with Crippen LogP contribution in [0, 0.1) is 0 Å². The third-order valence-electron chi connectivity index (χ3n) is 2.54. The molecule has 96 valence electrons. The van der Waals surface area contributed by atoms with Crippen LogP contribution in [0.25, 0.3) is 0 Å². The van der Waals surface area contributed by atoms with Crippen LogP contribution in [0.3, 0.4) is 0 Å². The van der Waals surface area contributed by atoms with E-state index < -0.39 is 11.7 Å². The van der Waals surface area contributed by atoms with Gasteiger partial charge in [0, 0.05) is 10.5 Å². The van der Waals surface area contributed by atoms with Gasteiger partial charge in [-0.1, -0.05) is 35.7 Å². The quantitative estimate of drug-likeness (QED) is 0.860. The molecular weight excluding hydrogens is 295 g/mol. The van der Waals surface area contributed by atoms with Crippen molar-refractivity contribution in [1.29, 1.82) is 0 Å². The van der Waals surface area contributed by atoms with Crippen LogP contribution in [0.2, 0.25) is 0 Å². The molecule has 0 amide bonds. The highest BCUT2D eigenvalue weighted by Gasteiger charge is 2.31. The summed E-state index contributed by atoms with van der Waals surface area (Å²) in [6.07, 6.45) is -1.74. The zero-order valence-corrected chi connectivity index (χ0v) is 11.1. The minimum Gasteiger partial charge on any atom is -0.324 e. The van der Waals surface area contributed by atoms with Crippen molar-refractivity contribution >= 4 is 15.9 Å². The standard InChI is InChI=1S/C12H15BrF3N/c1-2-3-4-11(17)8-5-9(12(14,15)16)7-10(13)6-8/h5-7,11H,2-4,17H2,1H3/t11-/m1/s1. The number of alkyl halides is 3. The Labute approximate surface area is 107 Å². The minimum atomic E-state index is -4.33. The van der Waals surface area contributed by atoms with Gasteiger partial charge in [-0.15, -0.1) is 0 Å². The first-order valence-electron chi connectivity index (χ1n) is 5.48. The average Bonchev–Trinajstić information content (AvgIpc) is 2.23. The number of unbranched alkanes of at least 4 members (excludes halogenated alkanes) is 1. The van der Waals surface area contributed by atoms with Gasteiger partial charge >= 0.3 is 6.18 Å². The zero-order chi connectivity index (χ0) is 13.1. The van der Waals surface area contributed by atoms with Crippen molar-refractivity contribution in [1.82, 2.24) is 0 Å². The van der Waals surface area contributed by atoms with Gasteiger partial charge < -0.3 is 5.73 Å². The predicted molar refractivity (Wildman–Crippen MR) is 65.6 cm³/mol. The Balaban J connectivity index is 2.97. The summed E-state index contributed by atoms with van der Waals surface area (Å²) in [4.78, 5) is 0. The third kappa shape index (κ3) is 4.32. The molecule has 2 N–H and O–H groups in total. The van der Waals surface area contributed by atoms with Crippen molar-refractivity contribution in [3.8, 4) is 0 Å². The normalized spacial score (nSPS) is 13.8. The highest BCUT2D eigenvalue weighted by molar-refractivity contribution is 9.10. The molecule has 0 aromatic heterocycles. The van der Waals surface area contributed by atoms with Crippen LogP contribution in [0.5, 0.6) is 0 Å². The van der Waals surface area contributed by atoms with Crippen molar-refractivity contribution in [3.05, 3.63) is 33.8 Å². The molecule has 0 aliphatic heterocycles. The van der Waals surface area contributed by atoms with Crippen LogP contribution in [0.15, 0.2) is 22.7 Å². The molecule has 0 aliphatic rings. The fourth-order valence-corrected chi connectivity index (χ4v) is 2.09. The second-order valence-corrected chi connectivity index (χ2v) is 4.94. The van der Waals surface area contributed by atoms with Gasteiger partial charge in [0.25, 0.3) is 0 Å². The molecule has 0 unspecified atom stereocenters. The zero-order valence-electron chi connectivity index (χ0n) is 9.52. The Hall–Kier alpha value is -0.550. The summed E-state index contributed by atoms with van der Waals surface area (Å²) in [5, 5.41) is 0. The highest BCUT2D eigenvalue weighted by Crippen LogP contribution is 2.33. The van der Waals surface area contributed by atoms with Gasteiger partial charge in [0.1, 0.15) is 0 Å². The summed E-state index contributed by atoms with van der Waals surface area (Å²) in [6, 6.07) is 3.50. The monoisotopic (exact) mass is 309 g/mol. The summed E-state index contributed by atoms with van der Waals surface area (Å²) < 4.78 is 38.2. The number of halogens is 4. The molecule has 1 aromatic carbocycles. The van der Waals surface area contributed by atoms with Crippen molar-refractivity contribution in [2.24, 2.45) is 5.73 Å². The molecule has 0 bridgehead atoms. The Bertz CT molecular complexity index is 377. The molecule has 1 nitrogen and oxygen atoms in total. The van der Waals surface area contributed by atoms with Crippen molar-refractivity contribution < 1.29 is 13.2 Å². The van der Waals surface area contributed by atoms with Crippen molar-refractivity contribution in [2.45, 2.75) is 38.4 Å². The molecule has 0 heterocycles. The molecule has 0 aliphatic carbocycles. The summed E-state index contributed by atoms with van der Waals surface area (Å²) in [6.45, 7) is 2.02. The minimum absolute atomic E-state index is 0.339. The van der Waals surface area contributed by atoms with E-state index in [4.69, 9.17) is 5.73 Å². The van der Waals surface area contributed by atoms with Gasteiger partial charge in [-0.05, 0) is 30.2 Å². The third-order valence-corrected chi connectivity index (χ3v) is 3.00. The van der Waals surface area contributed by atoms with Crippen LogP contribution < -0.4 is 5.73 Å². The van der Waals surface area contributed by atoms with E-state index >= 15 is 0 Å². The van der Waals surface area contributed by atoms with E-state index in [1.165, 1.54) is 0 Å². The lowest BCUT2D eigenvalue weighted by atomic mass is 10.00. The van der Waals surface area contributed by atoms with E-state index in [0.29, 0.717) is 16.5 Å². The fraction of sp³-hybridized carbons (Fsp3) is 0.500. The molecule has 5 heteroatoms. The van der Waals surface area contributed by atoms with Crippen molar-refractivity contribution in [2.75, 3.05) is 0 Å². The molecule has 0 fully saturated rings. The van der Waals surface area contributed by atoms with E-state index in [1.807, 2.05) is 6.92 Å². The summed E-state index contributed by atoms with van der Waals surface area (Å²) in [5.74, 6) is 0. The van der Waals surface area contributed by atoms with Gasteiger partial charge in [0.15, 0.2) is 0 Å². The van der Waals surface area contributed by atoms with E-state index in [-0.39, 0.29) is 6.04 Å². The summed E-state index contributed by atoms with van der Waals surface area (Å²) in [7, 11) is 0. The van der Waals surface area contributed by atoms with E-state index in [2.05, 4.69) is 15.9 Å². The van der Waals surface area contributed by atoms with Gasteiger partial charge in [-0.3, -0.25) is 0 Å². The molecular formula is C12H15BrF3N. The first kappa shape index (κ1) is 14.5. The number of nitrogens with two attached hydrogens (primary N) is 1. The highest BCUT2D eigenvalue weighted by atomic mass is 79.9. The van der Waals surface area contributed by atoms with Crippen LogP contribution in [0.1, 0.15) is 43.4 Å². The second-order valence-electron chi connectivity index (χ2n) is 4.02. The Morgan fingerprint density at radius 2 is 1.94 bits per heavy atom. The molecule has 1 aromatic rings. The van der Waals surface area contributed by atoms with Gasteiger partial charge in [0.05, 0.1) is 5.56 Å². The van der Waals surface area contributed by atoms with Crippen LogP contribution in [0.4, 0.5) is 13.2 Å². The Morgan fingerprint density at radius 1 is 1.29 bits per heavy atom. The molecule has 0 spiro atoms. The molecule has 1 rings (SSSR count). The smallest absolute Gasteiger partial charge is 0.324 e. The number of rotatable bonds is 4. The van der Waals surface area contributed by atoms with Crippen LogP contribution in [-0.4, -0.2) is 0 Å². The van der Waals surface area contributed by atoms with E-state index in [1.54, 1.807) is 6.07 Å². The predicted octanol–water partition coefficient (Wildman–Crippen LogP) is 4.66.